The zero-order valence-electron chi connectivity index (χ0n) is 10.7. The monoisotopic (exact) mass is 277 g/mol. The van der Waals surface area contributed by atoms with Crippen molar-refractivity contribution in [1.82, 2.24) is 0 Å². The Morgan fingerprint density at radius 3 is 2.37 bits per heavy atom. The van der Waals surface area contributed by atoms with Crippen molar-refractivity contribution in [3.05, 3.63) is 59.4 Å². The van der Waals surface area contributed by atoms with Gasteiger partial charge in [0.25, 0.3) is 0 Å². The minimum atomic E-state index is -0.320. The molecule has 2 aromatic carbocycles. The van der Waals surface area contributed by atoms with Gasteiger partial charge in [0.05, 0.1) is 7.11 Å². The van der Waals surface area contributed by atoms with Gasteiger partial charge >= 0.3 is 0 Å². The van der Waals surface area contributed by atoms with E-state index in [9.17, 15) is 4.39 Å². The van der Waals surface area contributed by atoms with Gasteiger partial charge in [-0.1, -0.05) is 18.2 Å². The van der Waals surface area contributed by atoms with Gasteiger partial charge in [0.2, 0.25) is 0 Å². The van der Waals surface area contributed by atoms with Gasteiger partial charge in [0, 0.05) is 17.2 Å². The maximum absolute atomic E-state index is 13.5. The van der Waals surface area contributed by atoms with Gasteiger partial charge in [-0.2, -0.15) is 0 Å². The summed E-state index contributed by atoms with van der Waals surface area (Å²) in [7, 11) is 1.46. The van der Waals surface area contributed by atoms with Crippen molar-refractivity contribution in [1.29, 1.82) is 0 Å². The molecule has 0 heterocycles. The number of rotatable bonds is 5. The Kier molecular flexibility index (Phi) is 4.82. The first kappa shape index (κ1) is 13.9. The molecule has 4 heteroatoms. The number of nitrogens with two attached hydrogens (primary N) is 1. The number of ether oxygens (including phenoxy) is 1. The van der Waals surface area contributed by atoms with Crippen molar-refractivity contribution in [3.8, 4) is 5.75 Å². The standard InChI is InChI=1S/C15H16FNOS/c1-18-15-7-4-12(8-14(15)16)10-19-13-5-2-11(9-17)3-6-13/h2-8H,9-10,17H2,1H3. The van der Waals surface area contributed by atoms with E-state index < -0.39 is 0 Å². The Bertz CT molecular complexity index is 542. The highest BCUT2D eigenvalue weighted by atomic mass is 32.2. The van der Waals surface area contributed by atoms with E-state index in [2.05, 4.69) is 0 Å². The molecule has 2 N–H and O–H groups in total. The van der Waals surface area contributed by atoms with E-state index >= 15 is 0 Å². The van der Waals surface area contributed by atoms with E-state index in [1.807, 2.05) is 30.3 Å². The Labute approximate surface area is 116 Å². The minimum Gasteiger partial charge on any atom is -0.494 e. The van der Waals surface area contributed by atoms with Gasteiger partial charge in [0.1, 0.15) is 0 Å². The molecule has 0 amide bonds. The first-order valence-electron chi connectivity index (χ1n) is 5.97. The van der Waals surface area contributed by atoms with Crippen LogP contribution in [0.15, 0.2) is 47.4 Å². The van der Waals surface area contributed by atoms with Crippen LogP contribution in [-0.4, -0.2) is 7.11 Å². The molecule has 0 atom stereocenters. The molecular weight excluding hydrogens is 261 g/mol. The lowest BCUT2D eigenvalue weighted by molar-refractivity contribution is 0.386. The molecule has 0 saturated heterocycles. The summed E-state index contributed by atoms with van der Waals surface area (Å²) in [4.78, 5) is 1.15. The molecule has 0 bridgehead atoms. The maximum atomic E-state index is 13.5. The van der Waals surface area contributed by atoms with Crippen LogP contribution in [0.4, 0.5) is 4.39 Å². The summed E-state index contributed by atoms with van der Waals surface area (Å²) in [6.45, 7) is 0.550. The molecule has 2 nitrogen and oxygen atoms in total. The van der Waals surface area contributed by atoms with Crippen LogP contribution in [0.5, 0.6) is 5.75 Å². The van der Waals surface area contributed by atoms with Crippen molar-refractivity contribution in [3.63, 3.8) is 0 Å². The molecule has 0 aromatic heterocycles. The Balaban J connectivity index is 1.99. The summed E-state index contributed by atoms with van der Waals surface area (Å²) in [5, 5.41) is 0. The fourth-order valence-electron chi connectivity index (χ4n) is 1.69. The van der Waals surface area contributed by atoms with Crippen LogP contribution in [0.2, 0.25) is 0 Å². The third kappa shape index (κ3) is 3.72. The molecule has 2 aromatic rings. The number of thioether (sulfide) groups is 1. The number of hydrogen-bond acceptors (Lipinski definition) is 3. The summed E-state index contributed by atoms with van der Waals surface area (Å²) in [6.07, 6.45) is 0. The van der Waals surface area contributed by atoms with Crippen molar-refractivity contribution in [2.24, 2.45) is 5.73 Å². The molecule has 2 rings (SSSR count). The fourth-order valence-corrected chi connectivity index (χ4v) is 2.53. The van der Waals surface area contributed by atoms with Crippen molar-refractivity contribution < 1.29 is 9.13 Å². The lowest BCUT2D eigenvalue weighted by Crippen LogP contribution is -1.95. The molecular formula is C15H16FNOS. The first-order valence-corrected chi connectivity index (χ1v) is 6.95. The van der Waals surface area contributed by atoms with Gasteiger partial charge in [0.15, 0.2) is 11.6 Å². The van der Waals surface area contributed by atoms with E-state index in [1.54, 1.807) is 17.8 Å². The zero-order valence-corrected chi connectivity index (χ0v) is 11.5. The number of methoxy groups -OCH3 is 1. The molecule has 0 aliphatic heterocycles. The van der Waals surface area contributed by atoms with Crippen molar-refractivity contribution in [2.75, 3.05) is 7.11 Å². The second-order valence-electron chi connectivity index (χ2n) is 4.11. The number of halogens is 1. The van der Waals surface area contributed by atoms with E-state index in [0.29, 0.717) is 6.54 Å². The van der Waals surface area contributed by atoms with Gasteiger partial charge in [-0.05, 0) is 35.4 Å². The molecule has 0 aliphatic rings. The summed E-state index contributed by atoms with van der Waals surface area (Å²) < 4.78 is 18.4. The highest BCUT2D eigenvalue weighted by Crippen LogP contribution is 2.25. The van der Waals surface area contributed by atoms with Crippen LogP contribution in [0.3, 0.4) is 0 Å². The van der Waals surface area contributed by atoms with Gasteiger partial charge in [-0.25, -0.2) is 4.39 Å². The average Bonchev–Trinajstić information content (AvgIpc) is 2.46. The fraction of sp³-hybridized carbons (Fsp3) is 0.200. The smallest absolute Gasteiger partial charge is 0.165 e. The zero-order chi connectivity index (χ0) is 13.7. The maximum Gasteiger partial charge on any atom is 0.165 e. The van der Waals surface area contributed by atoms with E-state index in [1.165, 1.54) is 13.2 Å². The molecule has 0 aliphatic carbocycles. The largest absolute Gasteiger partial charge is 0.494 e. The molecule has 0 radical (unpaired) electrons. The Morgan fingerprint density at radius 2 is 1.79 bits per heavy atom. The second kappa shape index (κ2) is 6.59. The second-order valence-corrected chi connectivity index (χ2v) is 5.15. The lowest BCUT2D eigenvalue weighted by Gasteiger charge is -2.06. The normalized spacial score (nSPS) is 10.5. The number of hydrogen-bond donors (Lipinski definition) is 1. The predicted molar refractivity (Wildman–Crippen MR) is 76.8 cm³/mol. The molecule has 100 valence electrons. The third-order valence-electron chi connectivity index (χ3n) is 2.78. The summed E-state index contributed by atoms with van der Waals surface area (Å²) in [6, 6.07) is 13.1. The average molecular weight is 277 g/mol. The minimum absolute atomic E-state index is 0.279. The summed E-state index contributed by atoms with van der Waals surface area (Å²) in [5.74, 6) is 0.684. The van der Waals surface area contributed by atoms with Gasteiger partial charge < -0.3 is 10.5 Å². The molecule has 0 saturated carbocycles. The van der Waals surface area contributed by atoms with Gasteiger partial charge in [-0.3, -0.25) is 0 Å². The summed E-state index contributed by atoms with van der Waals surface area (Å²) >= 11 is 1.67. The topological polar surface area (TPSA) is 35.2 Å². The SMILES string of the molecule is COc1ccc(CSc2ccc(CN)cc2)cc1F. The third-order valence-corrected chi connectivity index (χ3v) is 3.86. The van der Waals surface area contributed by atoms with Crippen LogP contribution in [0, 0.1) is 5.82 Å². The summed E-state index contributed by atoms with van der Waals surface area (Å²) in [5.41, 5.74) is 7.60. The highest BCUT2D eigenvalue weighted by Gasteiger charge is 2.04. The van der Waals surface area contributed by atoms with Crippen molar-refractivity contribution in [2.45, 2.75) is 17.2 Å². The van der Waals surface area contributed by atoms with E-state index in [0.717, 1.165) is 21.8 Å². The molecule has 0 spiro atoms. The van der Waals surface area contributed by atoms with Crippen LogP contribution in [0.1, 0.15) is 11.1 Å². The van der Waals surface area contributed by atoms with Crippen molar-refractivity contribution >= 4 is 11.8 Å². The van der Waals surface area contributed by atoms with E-state index in [4.69, 9.17) is 10.5 Å². The first-order chi connectivity index (χ1) is 9.22. The van der Waals surface area contributed by atoms with Crippen LogP contribution in [-0.2, 0) is 12.3 Å². The highest BCUT2D eigenvalue weighted by molar-refractivity contribution is 7.98. The molecule has 19 heavy (non-hydrogen) atoms. The van der Waals surface area contributed by atoms with Crippen LogP contribution in [0.25, 0.3) is 0 Å². The number of benzene rings is 2. The van der Waals surface area contributed by atoms with Crippen LogP contribution >= 0.6 is 11.8 Å². The molecule has 0 fully saturated rings. The van der Waals surface area contributed by atoms with Gasteiger partial charge in [-0.15, -0.1) is 11.8 Å². The van der Waals surface area contributed by atoms with E-state index in [-0.39, 0.29) is 11.6 Å². The lowest BCUT2D eigenvalue weighted by atomic mass is 10.2. The predicted octanol–water partition coefficient (Wildman–Crippen LogP) is 3.59. The van der Waals surface area contributed by atoms with Crippen LogP contribution < -0.4 is 10.5 Å². The molecule has 0 unspecified atom stereocenters. The Hall–Kier alpha value is -1.52. The quantitative estimate of drug-likeness (QED) is 0.848. The Morgan fingerprint density at radius 1 is 1.11 bits per heavy atom.